The molecule has 0 aliphatic carbocycles. The molecule has 180 valence electrons. The van der Waals surface area contributed by atoms with Crippen LogP contribution in [0.15, 0.2) is 54.6 Å². The molecular weight excluding hydrogens is 430 g/mol. The van der Waals surface area contributed by atoms with Gasteiger partial charge in [-0.15, -0.1) is 0 Å². The molecule has 34 heavy (non-hydrogen) atoms. The van der Waals surface area contributed by atoms with Gasteiger partial charge in [0.05, 0.1) is 11.5 Å². The highest BCUT2D eigenvalue weighted by atomic mass is 16.4. The smallest absolute Gasteiger partial charge is 0.326 e. The molecule has 3 N–H and O–H groups in total. The van der Waals surface area contributed by atoms with Crippen LogP contribution in [0.3, 0.4) is 0 Å². The third-order valence-electron chi connectivity index (χ3n) is 7.29. The van der Waals surface area contributed by atoms with Crippen molar-refractivity contribution in [2.75, 3.05) is 13.1 Å². The highest BCUT2D eigenvalue weighted by Crippen LogP contribution is 2.36. The van der Waals surface area contributed by atoms with E-state index >= 15 is 0 Å². The van der Waals surface area contributed by atoms with Gasteiger partial charge in [-0.25, -0.2) is 4.79 Å². The minimum absolute atomic E-state index is 0.0576. The molecule has 2 aromatic carbocycles. The van der Waals surface area contributed by atoms with Gasteiger partial charge in [0.25, 0.3) is 0 Å². The second kappa shape index (κ2) is 9.97. The fourth-order valence-electron chi connectivity index (χ4n) is 5.16. The highest BCUT2D eigenvalue weighted by molar-refractivity contribution is 5.92. The van der Waals surface area contributed by atoms with Crippen LogP contribution < -0.4 is 10.6 Å². The minimum Gasteiger partial charge on any atom is -0.480 e. The summed E-state index contributed by atoms with van der Waals surface area (Å²) in [6.45, 7) is 5.12. The summed E-state index contributed by atoms with van der Waals surface area (Å²) in [6, 6.07) is 16.5. The SMILES string of the molecule is CC(C)[C@H](NC(=O)C1(c2ccccc2)CCN(C(=O)[C@@H]2Cc3ccccc3CN2)CC1)C(=O)O. The van der Waals surface area contributed by atoms with Crippen LogP contribution in [0.4, 0.5) is 0 Å². The second-order valence-electron chi connectivity index (χ2n) is 9.71. The number of amides is 2. The van der Waals surface area contributed by atoms with Gasteiger partial charge in [0, 0.05) is 19.6 Å². The number of carbonyl (C=O) groups is 3. The van der Waals surface area contributed by atoms with E-state index in [-0.39, 0.29) is 23.8 Å². The zero-order valence-electron chi connectivity index (χ0n) is 19.8. The van der Waals surface area contributed by atoms with Gasteiger partial charge in [0.2, 0.25) is 11.8 Å². The van der Waals surface area contributed by atoms with Crippen LogP contribution >= 0.6 is 0 Å². The van der Waals surface area contributed by atoms with Crippen LogP contribution in [-0.4, -0.2) is 53.0 Å². The van der Waals surface area contributed by atoms with Crippen LogP contribution in [0.1, 0.15) is 43.4 Å². The van der Waals surface area contributed by atoms with Gasteiger partial charge >= 0.3 is 5.97 Å². The molecule has 2 amide bonds. The number of hydrogen-bond acceptors (Lipinski definition) is 4. The Hall–Kier alpha value is -3.19. The van der Waals surface area contributed by atoms with Crippen LogP contribution in [-0.2, 0) is 32.8 Å². The van der Waals surface area contributed by atoms with Crippen molar-refractivity contribution < 1.29 is 19.5 Å². The monoisotopic (exact) mass is 463 g/mol. The zero-order valence-corrected chi connectivity index (χ0v) is 19.8. The number of benzene rings is 2. The summed E-state index contributed by atoms with van der Waals surface area (Å²) < 4.78 is 0. The molecule has 0 aromatic heterocycles. The maximum atomic E-state index is 13.6. The number of carbonyl (C=O) groups excluding carboxylic acids is 2. The van der Waals surface area contributed by atoms with E-state index in [1.54, 1.807) is 13.8 Å². The van der Waals surface area contributed by atoms with E-state index in [9.17, 15) is 19.5 Å². The summed E-state index contributed by atoms with van der Waals surface area (Å²) in [5.41, 5.74) is 2.41. The lowest BCUT2D eigenvalue weighted by Gasteiger charge is -2.43. The molecule has 1 fully saturated rings. The predicted molar refractivity (Wildman–Crippen MR) is 129 cm³/mol. The van der Waals surface area contributed by atoms with Gasteiger partial charge in [0.1, 0.15) is 6.04 Å². The number of carboxylic acids is 1. The molecule has 0 bridgehead atoms. The first-order chi connectivity index (χ1) is 16.3. The normalized spacial score (nSPS) is 20.3. The van der Waals surface area contributed by atoms with E-state index in [4.69, 9.17) is 0 Å². The molecule has 1 saturated heterocycles. The Morgan fingerprint density at radius 1 is 1.00 bits per heavy atom. The molecule has 2 aliphatic heterocycles. The van der Waals surface area contributed by atoms with E-state index in [1.807, 2.05) is 47.4 Å². The number of rotatable bonds is 6. The molecule has 0 spiro atoms. The molecule has 7 heteroatoms. The molecule has 2 heterocycles. The van der Waals surface area contributed by atoms with E-state index in [0.29, 0.717) is 38.9 Å². The maximum Gasteiger partial charge on any atom is 0.326 e. The van der Waals surface area contributed by atoms with Gasteiger partial charge in [0.15, 0.2) is 0 Å². The third-order valence-corrected chi connectivity index (χ3v) is 7.29. The topological polar surface area (TPSA) is 98.7 Å². The predicted octanol–water partition coefficient (Wildman–Crippen LogP) is 2.49. The number of hydrogen-bond donors (Lipinski definition) is 3. The average molecular weight is 464 g/mol. The molecule has 4 rings (SSSR count). The fraction of sp³-hybridized carbons (Fsp3) is 0.444. The lowest BCUT2D eigenvalue weighted by Crippen LogP contribution is -2.58. The van der Waals surface area contributed by atoms with Crippen molar-refractivity contribution in [3.63, 3.8) is 0 Å². The van der Waals surface area contributed by atoms with Crippen LogP contribution in [0, 0.1) is 5.92 Å². The van der Waals surface area contributed by atoms with Gasteiger partial charge in [-0.2, -0.15) is 0 Å². The van der Waals surface area contributed by atoms with E-state index in [0.717, 1.165) is 5.56 Å². The minimum atomic E-state index is -1.04. The third kappa shape index (κ3) is 4.71. The Labute approximate surface area is 200 Å². The van der Waals surface area contributed by atoms with E-state index < -0.39 is 17.4 Å². The number of carboxylic acid groups (broad SMARTS) is 1. The van der Waals surface area contributed by atoms with Crippen molar-refractivity contribution >= 4 is 17.8 Å². The lowest BCUT2D eigenvalue weighted by atomic mass is 9.71. The molecule has 2 aliphatic rings. The average Bonchev–Trinajstić information content (AvgIpc) is 2.86. The van der Waals surface area contributed by atoms with E-state index in [2.05, 4.69) is 22.8 Å². The lowest BCUT2D eigenvalue weighted by molar-refractivity contribution is -0.145. The molecule has 2 aromatic rings. The first kappa shape index (κ1) is 24.0. The largest absolute Gasteiger partial charge is 0.480 e. The Bertz CT molecular complexity index is 1040. The van der Waals surface area contributed by atoms with Crippen molar-refractivity contribution in [3.05, 3.63) is 71.3 Å². The first-order valence-electron chi connectivity index (χ1n) is 12.0. The van der Waals surface area contributed by atoms with E-state index in [1.165, 1.54) is 11.1 Å². The zero-order chi connectivity index (χ0) is 24.3. The summed E-state index contributed by atoms with van der Waals surface area (Å²) in [7, 11) is 0. The number of aliphatic carboxylic acids is 1. The Morgan fingerprint density at radius 2 is 1.62 bits per heavy atom. The first-order valence-corrected chi connectivity index (χ1v) is 12.0. The highest BCUT2D eigenvalue weighted by Gasteiger charge is 2.45. The van der Waals surface area contributed by atoms with Crippen molar-refractivity contribution in [1.29, 1.82) is 0 Å². The Kier molecular flexibility index (Phi) is 7.03. The number of likely N-dealkylation sites (tertiary alicyclic amines) is 1. The quantitative estimate of drug-likeness (QED) is 0.611. The summed E-state index contributed by atoms with van der Waals surface area (Å²) in [5.74, 6) is -1.50. The van der Waals surface area contributed by atoms with Gasteiger partial charge < -0.3 is 20.6 Å². The molecule has 7 nitrogen and oxygen atoms in total. The molecule has 0 radical (unpaired) electrons. The van der Waals surface area contributed by atoms with Crippen LogP contribution in [0.5, 0.6) is 0 Å². The number of piperidine rings is 1. The van der Waals surface area contributed by atoms with Crippen LogP contribution in [0.25, 0.3) is 0 Å². The summed E-state index contributed by atoms with van der Waals surface area (Å²) in [6.07, 6.45) is 1.55. The number of nitrogens with one attached hydrogen (secondary N) is 2. The summed E-state index contributed by atoms with van der Waals surface area (Å²) in [5, 5.41) is 15.8. The Balaban J connectivity index is 1.50. The number of fused-ring (bicyclic) bond motifs is 1. The van der Waals surface area contributed by atoms with Crippen molar-refractivity contribution in [2.24, 2.45) is 5.92 Å². The van der Waals surface area contributed by atoms with Gasteiger partial charge in [-0.1, -0.05) is 68.4 Å². The van der Waals surface area contributed by atoms with Crippen LogP contribution in [0.2, 0.25) is 0 Å². The second-order valence-corrected chi connectivity index (χ2v) is 9.71. The molecular formula is C27H33N3O4. The molecule has 0 unspecified atom stereocenters. The van der Waals surface area contributed by atoms with Crippen molar-refractivity contribution in [2.45, 2.75) is 57.2 Å². The Morgan fingerprint density at radius 3 is 2.24 bits per heavy atom. The molecule has 0 saturated carbocycles. The summed E-state index contributed by atoms with van der Waals surface area (Å²) >= 11 is 0. The van der Waals surface area contributed by atoms with Gasteiger partial charge in [-0.05, 0) is 41.9 Å². The standard InChI is InChI=1S/C27H33N3O4/c1-18(2)23(25(32)33)29-26(34)27(21-10-4-3-5-11-21)12-14-30(15-13-27)24(31)22-16-19-8-6-7-9-20(19)17-28-22/h3-11,18,22-23,28H,12-17H2,1-2H3,(H,29,34)(H,32,33)/t22-,23-/m0/s1. The van der Waals surface area contributed by atoms with Gasteiger partial charge in [-0.3, -0.25) is 9.59 Å². The van der Waals surface area contributed by atoms with Crippen molar-refractivity contribution in [3.8, 4) is 0 Å². The maximum absolute atomic E-state index is 13.6. The summed E-state index contributed by atoms with van der Waals surface area (Å²) in [4.78, 5) is 40.5. The number of nitrogens with zero attached hydrogens (tertiary/aromatic N) is 1. The molecule has 2 atom stereocenters. The fourth-order valence-corrected chi connectivity index (χ4v) is 5.16. The van der Waals surface area contributed by atoms with Crippen molar-refractivity contribution in [1.82, 2.24) is 15.5 Å².